The van der Waals surface area contributed by atoms with Crippen molar-refractivity contribution >= 4 is 11.7 Å². The van der Waals surface area contributed by atoms with Gasteiger partial charge in [-0.3, -0.25) is 4.79 Å². The monoisotopic (exact) mass is 276 g/mol. The van der Waals surface area contributed by atoms with Crippen LogP contribution in [0.5, 0.6) is 0 Å². The zero-order valence-electron chi connectivity index (χ0n) is 12.5. The molecule has 1 aliphatic carbocycles. The molecule has 1 aromatic heterocycles. The van der Waals surface area contributed by atoms with Crippen molar-refractivity contribution in [1.29, 1.82) is 0 Å². The van der Waals surface area contributed by atoms with E-state index in [1.165, 1.54) is 0 Å². The molecule has 1 heterocycles. The third kappa shape index (κ3) is 4.81. The highest BCUT2D eigenvalue weighted by atomic mass is 16.2. The van der Waals surface area contributed by atoms with Crippen molar-refractivity contribution in [2.24, 2.45) is 0 Å². The van der Waals surface area contributed by atoms with Crippen LogP contribution in [0.4, 0.5) is 5.82 Å². The molecule has 20 heavy (non-hydrogen) atoms. The Bertz CT molecular complexity index is 440. The predicted molar refractivity (Wildman–Crippen MR) is 80.6 cm³/mol. The zero-order valence-corrected chi connectivity index (χ0v) is 12.5. The number of hydrogen-bond acceptors (Lipinski definition) is 4. The number of anilines is 1. The Kier molecular flexibility index (Phi) is 4.95. The van der Waals surface area contributed by atoms with Crippen LogP contribution in [-0.4, -0.2) is 36.6 Å². The molecule has 5 heteroatoms. The number of pyridine rings is 1. The van der Waals surface area contributed by atoms with Crippen LogP contribution in [0, 0.1) is 0 Å². The zero-order chi connectivity index (χ0) is 14.5. The van der Waals surface area contributed by atoms with E-state index in [1.54, 1.807) is 0 Å². The summed E-state index contributed by atoms with van der Waals surface area (Å²) in [7, 11) is 1.89. The van der Waals surface area contributed by atoms with Gasteiger partial charge in [-0.25, -0.2) is 4.98 Å². The summed E-state index contributed by atoms with van der Waals surface area (Å²) in [5.74, 6) is 0.895. The van der Waals surface area contributed by atoms with Crippen molar-refractivity contribution in [2.45, 2.75) is 45.3 Å². The van der Waals surface area contributed by atoms with E-state index in [2.05, 4.69) is 29.5 Å². The summed E-state index contributed by atoms with van der Waals surface area (Å²) >= 11 is 0. The summed E-state index contributed by atoms with van der Waals surface area (Å²) in [6.07, 6.45) is 4.09. The van der Waals surface area contributed by atoms with Crippen LogP contribution in [0.1, 0.15) is 32.3 Å². The normalized spacial score (nSPS) is 14.4. The second kappa shape index (κ2) is 6.70. The van der Waals surface area contributed by atoms with Crippen LogP contribution >= 0.6 is 0 Å². The van der Waals surface area contributed by atoms with Gasteiger partial charge in [0.25, 0.3) is 0 Å². The van der Waals surface area contributed by atoms with E-state index in [1.807, 2.05) is 30.3 Å². The third-order valence-corrected chi connectivity index (χ3v) is 3.24. The number of nitrogens with one attached hydrogen (secondary N) is 2. The van der Waals surface area contributed by atoms with E-state index in [-0.39, 0.29) is 5.91 Å². The van der Waals surface area contributed by atoms with E-state index >= 15 is 0 Å². The maximum absolute atomic E-state index is 11.7. The number of likely N-dealkylation sites (N-methyl/N-ethyl adjacent to an activating group) is 1. The van der Waals surface area contributed by atoms with Crippen molar-refractivity contribution in [3.8, 4) is 0 Å². The lowest BCUT2D eigenvalue weighted by Gasteiger charge is -2.18. The van der Waals surface area contributed by atoms with Gasteiger partial charge in [0.1, 0.15) is 5.82 Å². The van der Waals surface area contributed by atoms with Gasteiger partial charge < -0.3 is 15.5 Å². The summed E-state index contributed by atoms with van der Waals surface area (Å²) in [4.78, 5) is 18.0. The molecule has 0 atom stereocenters. The van der Waals surface area contributed by atoms with Crippen LogP contribution in [0.15, 0.2) is 18.3 Å². The fourth-order valence-corrected chi connectivity index (χ4v) is 1.87. The van der Waals surface area contributed by atoms with Crippen molar-refractivity contribution in [3.63, 3.8) is 0 Å². The van der Waals surface area contributed by atoms with Crippen LogP contribution in [0.2, 0.25) is 0 Å². The molecule has 1 saturated carbocycles. The van der Waals surface area contributed by atoms with Gasteiger partial charge in [-0.15, -0.1) is 0 Å². The van der Waals surface area contributed by atoms with Crippen molar-refractivity contribution in [3.05, 3.63) is 23.9 Å². The number of hydrogen-bond donors (Lipinski definition) is 2. The molecule has 5 nitrogen and oxygen atoms in total. The molecule has 2 N–H and O–H groups in total. The van der Waals surface area contributed by atoms with Gasteiger partial charge in [0, 0.05) is 31.9 Å². The number of aromatic nitrogens is 1. The topological polar surface area (TPSA) is 57.3 Å². The Morgan fingerprint density at radius 3 is 2.75 bits per heavy atom. The van der Waals surface area contributed by atoms with Gasteiger partial charge in [-0.05, 0) is 24.5 Å². The molecule has 0 bridgehead atoms. The third-order valence-electron chi connectivity index (χ3n) is 3.24. The van der Waals surface area contributed by atoms with Crippen LogP contribution in [0.3, 0.4) is 0 Å². The molecule has 0 unspecified atom stereocenters. The smallest absolute Gasteiger partial charge is 0.239 e. The van der Waals surface area contributed by atoms with Gasteiger partial charge in [0.15, 0.2) is 0 Å². The molecule has 0 aliphatic heterocycles. The summed E-state index contributed by atoms with van der Waals surface area (Å²) in [5.41, 5.74) is 1.15. The quantitative estimate of drug-likeness (QED) is 0.788. The fourth-order valence-electron chi connectivity index (χ4n) is 1.87. The Balaban J connectivity index is 1.82. The van der Waals surface area contributed by atoms with E-state index in [0.29, 0.717) is 18.6 Å². The summed E-state index contributed by atoms with van der Waals surface area (Å²) in [6, 6.07) is 4.88. The largest absolute Gasteiger partial charge is 0.352 e. The highest BCUT2D eigenvalue weighted by Gasteiger charge is 2.23. The molecule has 0 spiro atoms. The molecule has 110 valence electrons. The highest BCUT2D eigenvalue weighted by Crippen LogP contribution is 2.18. The Morgan fingerprint density at radius 1 is 1.45 bits per heavy atom. The maximum Gasteiger partial charge on any atom is 0.239 e. The number of carbonyl (C=O) groups is 1. The van der Waals surface area contributed by atoms with Crippen molar-refractivity contribution < 1.29 is 4.79 Å². The first kappa shape index (κ1) is 14.8. The fraction of sp³-hybridized carbons (Fsp3) is 0.600. The maximum atomic E-state index is 11.7. The van der Waals surface area contributed by atoms with Crippen LogP contribution in [-0.2, 0) is 11.3 Å². The molecule has 0 aromatic carbocycles. The average Bonchev–Trinajstić information content (AvgIpc) is 3.20. The first-order chi connectivity index (χ1) is 9.54. The van der Waals surface area contributed by atoms with E-state index in [0.717, 1.165) is 30.8 Å². The first-order valence-corrected chi connectivity index (χ1v) is 7.23. The number of nitrogens with zero attached hydrogens (tertiary/aromatic N) is 2. The summed E-state index contributed by atoms with van der Waals surface area (Å²) < 4.78 is 0. The molecule has 1 fully saturated rings. The lowest BCUT2D eigenvalue weighted by molar-refractivity contribution is -0.119. The average molecular weight is 276 g/mol. The molecule has 0 saturated heterocycles. The molecule has 2 rings (SSSR count). The van der Waals surface area contributed by atoms with Gasteiger partial charge in [0.2, 0.25) is 5.91 Å². The minimum Gasteiger partial charge on any atom is -0.352 e. The van der Waals surface area contributed by atoms with E-state index in [4.69, 9.17) is 0 Å². The van der Waals surface area contributed by atoms with Gasteiger partial charge in [-0.2, -0.15) is 0 Å². The van der Waals surface area contributed by atoms with Crippen LogP contribution < -0.4 is 15.5 Å². The standard InChI is InChI=1S/C15H24N4O/c1-11(2)16-8-12-4-7-14(17-9-12)19(3)10-15(20)18-13-5-6-13/h4,7,9,11,13,16H,5-6,8,10H2,1-3H3,(H,18,20). The van der Waals surface area contributed by atoms with Crippen molar-refractivity contribution in [1.82, 2.24) is 15.6 Å². The number of carbonyl (C=O) groups excluding carboxylic acids is 1. The highest BCUT2D eigenvalue weighted by molar-refractivity contribution is 5.81. The minimum atomic E-state index is 0.0716. The molecular formula is C15H24N4O. The van der Waals surface area contributed by atoms with Crippen molar-refractivity contribution in [2.75, 3.05) is 18.5 Å². The van der Waals surface area contributed by atoms with Gasteiger partial charge in [-0.1, -0.05) is 19.9 Å². The van der Waals surface area contributed by atoms with Crippen LogP contribution in [0.25, 0.3) is 0 Å². The number of amides is 1. The SMILES string of the molecule is CC(C)NCc1ccc(N(C)CC(=O)NC2CC2)nc1. The van der Waals surface area contributed by atoms with E-state index in [9.17, 15) is 4.79 Å². The summed E-state index contributed by atoms with van der Waals surface area (Å²) in [6.45, 7) is 5.41. The minimum absolute atomic E-state index is 0.0716. The Morgan fingerprint density at radius 2 is 2.20 bits per heavy atom. The van der Waals surface area contributed by atoms with Gasteiger partial charge >= 0.3 is 0 Å². The lowest BCUT2D eigenvalue weighted by atomic mass is 10.2. The predicted octanol–water partition coefficient (Wildman–Crippen LogP) is 1.29. The molecule has 0 radical (unpaired) electrons. The Labute approximate surface area is 120 Å². The molecule has 1 aliphatic rings. The Hall–Kier alpha value is -1.62. The second-order valence-corrected chi connectivity index (χ2v) is 5.76. The molecular weight excluding hydrogens is 252 g/mol. The van der Waals surface area contributed by atoms with E-state index < -0.39 is 0 Å². The lowest BCUT2D eigenvalue weighted by Crippen LogP contribution is -2.36. The first-order valence-electron chi connectivity index (χ1n) is 7.23. The number of rotatable bonds is 7. The second-order valence-electron chi connectivity index (χ2n) is 5.76. The van der Waals surface area contributed by atoms with Gasteiger partial charge in [0.05, 0.1) is 6.54 Å². The molecule has 1 amide bonds. The summed E-state index contributed by atoms with van der Waals surface area (Å²) in [5, 5.41) is 6.33. The molecule has 1 aromatic rings.